The van der Waals surface area contributed by atoms with Crippen LogP contribution < -0.4 is 20.1 Å². The summed E-state index contributed by atoms with van der Waals surface area (Å²) in [6.45, 7) is 0.780. The predicted molar refractivity (Wildman–Crippen MR) is 152 cm³/mol. The van der Waals surface area contributed by atoms with E-state index >= 15 is 0 Å². The van der Waals surface area contributed by atoms with Crippen molar-refractivity contribution in [2.75, 3.05) is 32.6 Å². The maximum absolute atomic E-state index is 13.5. The highest BCUT2D eigenvalue weighted by Crippen LogP contribution is 2.33. The lowest BCUT2D eigenvalue weighted by Crippen LogP contribution is -2.54. The largest absolute Gasteiger partial charge is 0.496 e. The Morgan fingerprint density at radius 1 is 1.10 bits per heavy atom. The lowest BCUT2D eigenvalue weighted by molar-refractivity contribution is -0.134. The number of hydrogen-bond acceptors (Lipinski definition) is 7. The second-order valence-corrected chi connectivity index (χ2v) is 10.2. The predicted octanol–water partition coefficient (Wildman–Crippen LogP) is 3.47. The van der Waals surface area contributed by atoms with Gasteiger partial charge in [-0.25, -0.2) is 0 Å². The number of aromatic nitrogens is 1. The van der Waals surface area contributed by atoms with Crippen LogP contribution in [-0.2, 0) is 16.0 Å². The zero-order chi connectivity index (χ0) is 28.8. The van der Waals surface area contributed by atoms with Crippen LogP contribution in [0.25, 0.3) is 0 Å². The Bertz CT molecular complexity index is 1400. The Labute approximate surface area is 239 Å². The summed E-state index contributed by atoms with van der Waals surface area (Å²) < 4.78 is 17.6. The Morgan fingerprint density at radius 2 is 1.90 bits per heavy atom. The lowest BCUT2D eigenvalue weighted by Gasteiger charge is -2.42. The van der Waals surface area contributed by atoms with Gasteiger partial charge in [-0.1, -0.05) is 12.1 Å². The molecule has 41 heavy (non-hydrogen) atoms. The van der Waals surface area contributed by atoms with Gasteiger partial charge in [0.2, 0.25) is 5.91 Å². The number of hydrogen-bond donors (Lipinski definition) is 2. The minimum Gasteiger partial charge on any atom is -0.496 e. The molecule has 214 valence electrons. The molecule has 2 aliphatic rings. The molecule has 0 unspecified atom stereocenters. The van der Waals surface area contributed by atoms with E-state index in [4.69, 9.17) is 14.2 Å². The molecule has 0 saturated carbocycles. The fourth-order valence-electron chi connectivity index (χ4n) is 5.31. The first-order valence-corrected chi connectivity index (χ1v) is 13.7. The molecule has 1 fully saturated rings. The Balaban J connectivity index is 1.20. The topological polar surface area (TPSA) is 119 Å². The summed E-state index contributed by atoms with van der Waals surface area (Å²) in [4.78, 5) is 44.7. The minimum absolute atomic E-state index is 0.0632. The molecule has 0 radical (unpaired) electrons. The van der Waals surface area contributed by atoms with Gasteiger partial charge in [0.1, 0.15) is 24.2 Å². The summed E-state index contributed by atoms with van der Waals surface area (Å²) in [6.07, 6.45) is 5.17. The summed E-state index contributed by atoms with van der Waals surface area (Å²) in [5, 5.41) is 5.81. The molecule has 3 heterocycles. The number of carbonyl (C=O) groups is 3. The molecule has 3 atom stereocenters. The molecule has 1 aromatic heterocycles. The van der Waals surface area contributed by atoms with E-state index in [1.807, 2.05) is 12.1 Å². The van der Waals surface area contributed by atoms with Crippen LogP contribution in [0.4, 0.5) is 5.69 Å². The van der Waals surface area contributed by atoms with Crippen LogP contribution in [0.2, 0.25) is 0 Å². The van der Waals surface area contributed by atoms with E-state index in [1.54, 1.807) is 66.8 Å². The lowest BCUT2D eigenvalue weighted by atomic mass is 9.94. The van der Waals surface area contributed by atoms with Crippen molar-refractivity contribution in [3.05, 3.63) is 83.7 Å². The summed E-state index contributed by atoms with van der Waals surface area (Å²) >= 11 is 0. The number of carbonyl (C=O) groups excluding carboxylic acids is 3. The molecule has 0 aliphatic carbocycles. The highest BCUT2D eigenvalue weighted by Gasteiger charge is 2.39. The van der Waals surface area contributed by atoms with E-state index in [2.05, 4.69) is 15.6 Å². The third-order valence-electron chi connectivity index (χ3n) is 7.52. The number of methoxy groups -OCH3 is 1. The molecule has 0 spiro atoms. The van der Waals surface area contributed by atoms with Crippen molar-refractivity contribution in [2.45, 2.75) is 43.9 Å². The Kier molecular flexibility index (Phi) is 8.79. The molecule has 2 aliphatic heterocycles. The molecule has 0 bridgehead atoms. The van der Waals surface area contributed by atoms with Crippen LogP contribution in [-0.4, -0.2) is 73.2 Å². The molecule has 10 heteroatoms. The van der Waals surface area contributed by atoms with Crippen LogP contribution in [0.5, 0.6) is 11.5 Å². The number of ether oxygens (including phenoxy) is 3. The Morgan fingerprint density at radius 3 is 2.71 bits per heavy atom. The van der Waals surface area contributed by atoms with Gasteiger partial charge in [-0.3, -0.25) is 19.4 Å². The number of rotatable bonds is 8. The molecule has 1 saturated heterocycles. The summed E-state index contributed by atoms with van der Waals surface area (Å²) in [5.74, 6) is 0.239. The molecule has 3 aromatic rings. The van der Waals surface area contributed by atoms with Gasteiger partial charge >= 0.3 is 0 Å². The van der Waals surface area contributed by atoms with E-state index < -0.39 is 0 Å². The quantitative estimate of drug-likeness (QED) is 0.435. The fraction of sp³-hybridized carbons (Fsp3) is 0.355. The van der Waals surface area contributed by atoms with Gasteiger partial charge in [0.15, 0.2) is 0 Å². The number of anilines is 1. The van der Waals surface area contributed by atoms with Gasteiger partial charge in [-0.2, -0.15) is 0 Å². The monoisotopic (exact) mass is 558 g/mol. The van der Waals surface area contributed by atoms with E-state index in [9.17, 15) is 14.4 Å². The van der Waals surface area contributed by atoms with Crippen molar-refractivity contribution < 1.29 is 28.6 Å². The van der Waals surface area contributed by atoms with Gasteiger partial charge in [0.05, 0.1) is 36.8 Å². The van der Waals surface area contributed by atoms with Crippen molar-refractivity contribution in [1.82, 2.24) is 15.2 Å². The second kappa shape index (κ2) is 12.8. The number of fused-ring (bicyclic) bond motifs is 2. The van der Waals surface area contributed by atoms with Crippen LogP contribution >= 0.6 is 0 Å². The number of pyridine rings is 1. The normalized spacial score (nSPS) is 20.0. The maximum atomic E-state index is 13.5. The van der Waals surface area contributed by atoms with Gasteiger partial charge in [-0.15, -0.1) is 0 Å². The first-order valence-electron chi connectivity index (χ1n) is 13.7. The van der Waals surface area contributed by atoms with Crippen LogP contribution in [0, 0.1) is 0 Å². The minimum atomic E-state index is -0.370. The van der Waals surface area contributed by atoms with Crippen molar-refractivity contribution >= 4 is 23.4 Å². The molecule has 3 amide bonds. The zero-order valence-electron chi connectivity index (χ0n) is 23.2. The highest BCUT2D eigenvalue weighted by atomic mass is 16.5. The third kappa shape index (κ3) is 6.66. The molecule has 2 aromatic carbocycles. The van der Waals surface area contributed by atoms with Crippen LogP contribution in [0.3, 0.4) is 0 Å². The van der Waals surface area contributed by atoms with Crippen molar-refractivity contribution in [1.29, 1.82) is 0 Å². The van der Waals surface area contributed by atoms with Gasteiger partial charge in [0.25, 0.3) is 11.8 Å². The average Bonchev–Trinajstić information content (AvgIpc) is 2.99. The number of amides is 3. The molecular formula is C31H34N4O6. The van der Waals surface area contributed by atoms with Crippen molar-refractivity contribution in [2.24, 2.45) is 0 Å². The Hall–Kier alpha value is -4.44. The molecule has 5 rings (SSSR count). The number of likely N-dealkylation sites (N-methyl/N-ethyl adjacent to an activating group) is 1. The molecule has 2 N–H and O–H groups in total. The van der Waals surface area contributed by atoms with E-state index in [1.165, 1.54) is 7.11 Å². The zero-order valence-corrected chi connectivity index (χ0v) is 23.2. The van der Waals surface area contributed by atoms with Gasteiger partial charge < -0.3 is 29.7 Å². The summed E-state index contributed by atoms with van der Waals surface area (Å²) in [6, 6.07) is 15.6. The highest BCUT2D eigenvalue weighted by molar-refractivity contribution is 6.07. The van der Waals surface area contributed by atoms with Crippen molar-refractivity contribution in [3.63, 3.8) is 0 Å². The third-order valence-corrected chi connectivity index (χ3v) is 7.52. The van der Waals surface area contributed by atoms with E-state index in [0.717, 1.165) is 12.0 Å². The summed E-state index contributed by atoms with van der Waals surface area (Å²) in [5.41, 5.74) is 2.33. The summed E-state index contributed by atoms with van der Waals surface area (Å²) in [7, 11) is 3.26. The first-order chi connectivity index (χ1) is 19.9. The van der Waals surface area contributed by atoms with Crippen LogP contribution in [0.15, 0.2) is 67.0 Å². The first kappa shape index (κ1) is 28.1. The van der Waals surface area contributed by atoms with E-state index in [0.29, 0.717) is 47.7 Å². The van der Waals surface area contributed by atoms with Gasteiger partial charge in [-0.05, 0) is 67.3 Å². The van der Waals surface area contributed by atoms with Crippen LogP contribution in [0.1, 0.15) is 45.5 Å². The second-order valence-electron chi connectivity index (χ2n) is 10.2. The number of benzene rings is 2. The number of nitrogens with one attached hydrogen (secondary N) is 2. The van der Waals surface area contributed by atoms with Crippen molar-refractivity contribution in [3.8, 4) is 11.5 Å². The maximum Gasteiger partial charge on any atom is 0.259 e. The average molecular weight is 559 g/mol. The standard InChI is InChI=1S/C31H34N4O6/c1-35-25-9-8-22(18-29(36)33-16-13-20-11-14-32-15-12-20)41-28(25)19-40-27-10-7-21(17-24(27)31(35)38)34-30(37)23-5-3-4-6-26(23)39-2/h3-7,10-12,14-15,17,22,25,28H,8-9,13,16,18-19H2,1-2H3,(H,33,36)(H,34,37)/t22-,25+,28-/m1/s1. The smallest absolute Gasteiger partial charge is 0.259 e. The SMILES string of the molecule is COc1ccccc1C(=O)Nc1ccc2c(c1)C(=O)N(C)[C@H]1CC[C@H](CC(=O)NCCc3ccncc3)O[C@@H]1CO2. The van der Waals surface area contributed by atoms with E-state index in [-0.39, 0.29) is 49.0 Å². The number of nitrogens with zero attached hydrogens (tertiary/aromatic N) is 2. The van der Waals surface area contributed by atoms with Gasteiger partial charge in [0, 0.05) is 31.7 Å². The molecular weight excluding hydrogens is 524 g/mol. The molecule has 10 nitrogen and oxygen atoms in total. The number of para-hydroxylation sites is 1. The fourth-order valence-corrected chi connectivity index (χ4v) is 5.31.